The Kier molecular flexibility index (Phi) is 15.2. The Morgan fingerprint density at radius 3 is 1.24 bits per heavy atom. The Hall–Kier alpha value is -3.09. The second-order valence-corrected chi connectivity index (χ2v) is 6.05. The summed E-state index contributed by atoms with van der Waals surface area (Å²) in [5, 5.41) is 21.5. The first-order chi connectivity index (χ1) is 14.0. The van der Waals surface area contributed by atoms with Gasteiger partial charge in [-0.25, -0.2) is 0 Å². The molecule has 1 radical (unpaired) electrons. The summed E-state index contributed by atoms with van der Waals surface area (Å²) in [6.07, 6.45) is 28.9. The molecule has 0 aromatic heterocycles. The van der Waals surface area contributed by atoms with Gasteiger partial charge in [0.2, 0.25) is 0 Å². The van der Waals surface area contributed by atoms with E-state index in [2.05, 4.69) is 49.5 Å². The van der Waals surface area contributed by atoms with Crippen LogP contribution in [0.25, 0.3) is 0 Å². The quantitative estimate of drug-likeness (QED) is 0.148. The van der Waals surface area contributed by atoms with E-state index in [1.807, 2.05) is 18.2 Å². The molecule has 7 nitrogen and oxygen atoms in total. The van der Waals surface area contributed by atoms with Gasteiger partial charge in [-0.2, -0.15) is 0 Å². The van der Waals surface area contributed by atoms with E-state index in [9.17, 15) is 25.0 Å². The second-order valence-electron chi connectivity index (χ2n) is 6.05. The fraction of sp³-hybridized carbons (Fsp3) is 0.409. The molecule has 0 atom stereocenters. The van der Waals surface area contributed by atoms with Crippen LogP contribution in [-0.2, 0) is 4.79 Å². The highest BCUT2D eigenvalue weighted by Gasteiger charge is 2.56. The van der Waals surface area contributed by atoms with Crippen molar-refractivity contribution in [2.45, 2.75) is 57.5 Å². The molecule has 0 aliphatic heterocycles. The minimum atomic E-state index is -2.92. The Balaban J connectivity index is 3.98. The highest BCUT2D eigenvalue weighted by atomic mass is 16.7. The average molecular weight is 401 g/mol. The average Bonchev–Trinajstić information content (AvgIpc) is 2.69. The van der Waals surface area contributed by atoms with Gasteiger partial charge in [0.1, 0.15) is 16.3 Å². The van der Waals surface area contributed by atoms with Gasteiger partial charge in [0, 0.05) is 0 Å². The number of hydrogen-bond donors (Lipinski definition) is 0. The zero-order valence-corrected chi connectivity index (χ0v) is 16.8. The summed E-state index contributed by atoms with van der Waals surface area (Å²) in [4.78, 5) is 29.7. The molecule has 0 aliphatic carbocycles. The van der Waals surface area contributed by atoms with Crippen molar-refractivity contribution in [3.63, 3.8) is 0 Å². The van der Waals surface area contributed by atoms with E-state index in [1.165, 1.54) is 6.08 Å². The zero-order valence-electron chi connectivity index (χ0n) is 16.8. The van der Waals surface area contributed by atoms with E-state index in [4.69, 9.17) is 0 Å². The van der Waals surface area contributed by atoms with Crippen molar-refractivity contribution < 1.29 is 14.6 Å². The molecule has 0 unspecified atom stereocenters. The first-order valence-corrected chi connectivity index (χ1v) is 9.59. The van der Waals surface area contributed by atoms with Crippen LogP contribution in [0, 0.1) is 20.2 Å². The molecule has 0 aliphatic rings. The summed E-state index contributed by atoms with van der Waals surface area (Å²) >= 11 is 0. The van der Waals surface area contributed by atoms with Crippen molar-refractivity contribution in [2.75, 3.05) is 0 Å². The van der Waals surface area contributed by atoms with Crippen LogP contribution < -0.4 is 0 Å². The summed E-state index contributed by atoms with van der Waals surface area (Å²) in [7, 11) is 0. The fourth-order valence-electron chi connectivity index (χ4n) is 2.10. The SMILES string of the molecule is CC/C=C/C/C=C/C/C=C/C/C=C/C/C=C/C/C=C/CC([C]=O)([N+](=O)[O-])[N+](=O)[O-]. The number of rotatable bonds is 16. The van der Waals surface area contributed by atoms with E-state index in [-0.39, 0.29) is 0 Å². The van der Waals surface area contributed by atoms with Crippen LogP contribution in [0.5, 0.6) is 0 Å². The maximum absolute atomic E-state index is 10.7. The van der Waals surface area contributed by atoms with Gasteiger partial charge in [-0.1, -0.05) is 79.8 Å². The van der Waals surface area contributed by atoms with Crippen LogP contribution in [0.4, 0.5) is 0 Å². The lowest BCUT2D eigenvalue weighted by Gasteiger charge is -2.06. The molecule has 0 rings (SSSR count). The molecule has 0 aromatic rings. The number of carbonyl (C=O) groups excluding carboxylic acids is 1. The van der Waals surface area contributed by atoms with Gasteiger partial charge in [0.25, 0.3) is 0 Å². The Labute approximate surface area is 172 Å². The van der Waals surface area contributed by atoms with Crippen LogP contribution in [0.3, 0.4) is 0 Å². The van der Waals surface area contributed by atoms with E-state index in [1.54, 1.807) is 6.08 Å². The fourth-order valence-corrected chi connectivity index (χ4v) is 2.10. The molecule has 0 amide bonds. The van der Waals surface area contributed by atoms with Crippen molar-refractivity contribution in [1.29, 1.82) is 0 Å². The molecule has 0 spiro atoms. The van der Waals surface area contributed by atoms with E-state index in [0.717, 1.165) is 38.4 Å². The molecule has 7 heteroatoms. The first-order valence-electron chi connectivity index (χ1n) is 9.59. The summed E-state index contributed by atoms with van der Waals surface area (Å²) in [5.74, 6) is 0. The Morgan fingerprint density at radius 2 is 0.966 bits per heavy atom. The van der Waals surface area contributed by atoms with Crippen molar-refractivity contribution in [2.24, 2.45) is 0 Å². The van der Waals surface area contributed by atoms with Gasteiger partial charge in [0.15, 0.2) is 0 Å². The van der Waals surface area contributed by atoms with Crippen molar-refractivity contribution >= 4 is 6.29 Å². The molecular formula is C22H29N2O5. The second kappa shape index (κ2) is 17.0. The van der Waals surface area contributed by atoms with Crippen LogP contribution in [-0.4, -0.2) is 21.8 Å². The van der Waals surface area contributed by atoms with Crippen molar-refractivity contribution in [3.05, 3.63) is 93.1 Å². The number of nitrogens with zero attached hydrogens (tertiary/aromatic N) is 2. The predicted molar refractivity (Wildman–Crippen MR) is 115 cm³/mol. The third-order valence-electron chi connectivity index (χ3n) is 3.77. The van der Waals surface area contributed by atoms with Crippen LogP contribution in [0.15, 0.2) is 72.9 Å². The number of nitro groups is 2. The maximum Gasteiger partial charge on any atom is 0.527 e. The third kappa shape index (κ3) is 12.1. The van der Waals surface area contributed by atoms with Gasteiger partial charge < -0.3 is 0 Å². The standard InChI is InChI=1S/C22H29N2O5/c1-2-3-4-5-6-7-8-9-10-11-12-13-14-15-16-17-18-19-20-22(21-25,23(26)27)24(28)29/h3-4,6-7,9-10,12-13,15-16,18-19H,2,5,8,11,14,17,20H2,1H3/b4-3+,7-6+,10-9+,13-12+,16-15+,19-18+. The molecular weight excluding hydrogens is 372 g/mol. The van der Waals surface area contributed by atoms with Crippen molar-refractivity contribution in [1.82, 2.24) is 0 Å². The van der Waals surface area contributed by atoms with E-state index >= 15 is 0 Å². The Morgan fingerprint density at radius 1 is 0.655 bits per heavy atom. The molecule has 157 valence electrons. The van der Waals surface area contributed by atoms with Crippen LogP contribution in [0.2, 0.25) is 0 Å². The summed E-state index contributed by atoms with van der Waals surface area (Å²) in [5.41, 5.74) is -2.92. The normalized spacial score (nSPS) is 13.1. The van der Waals surface area contributed by atoms with Crippen LogP contribution in [0.1, 0.15) is 51.9 Å². The number of hydrogen-bond acceptors (Lipinski definition) is 5. The van der Waals surface area contributed by atoms with E-state index < -0.39 is 21.9 Å². The van der Waals surface area contributed by atoms with E-state index in [0.29, 0.717) is 6.42 Å². The lowest BCUT2D eigenvalue weighted by Crippen LogP contribution is -2.47. The van der Waals surface area contributed by atoms with Gasteiger partial charge in [-0.05, 0) is 38.5 Å². The lowest BCUT2D eigenvalue weighted by atomic mass is 10.1. The van der Waals surface area contributed by atoms with Gasteiger partial charge in [-0.15, -0.1) is 0 Å². The maximum atomic E-state index is 10.7. The smallest absolute Gasteiger partial charge is 0.273 e. The molecule has 0 saturated carbocycles. The topological polar surface area (TPSA) is 103 Å². The van der Waals surface area contributed by atoms with Gasteiger partial charge >= 0.3 is 11.9 Å². The van der Waals surface area contributed by atoms with Gasteiger partial charge in [0.05, 0.1) is 0 Å². The van der Waals surface area contributed by atoms with Crippen molar-refractivity contribution in [3.8, 4) is 0 Å². The highest BCUT2D eigenvalue weighted by molar-refractivity contribution is 5.60. The minimum Gasteiger partial charge on any atom is -0.273 e. The summed E-state index contributed by atoms with van der Waals surface area (Å²) < 4.78 is 0. The monoisotopic (exact) mass is 401 g/mol. The molecule has 0 heterocycles. The summed E-state index contributed by atoms with van der Waals surface area (Å²) in [6.45, 7) is 2.12. The van der Waals surface area contributed by atoms with Crippen LogP contribution >= 0.6 is 0 Å². The van der Waals surface area contributed by atoms with Gasteiger partial charge in [-0.3, -0.25) is 25.0 Å². The zero-order chi connectivity index (χ0) is 21.8. The molecule has 29 heavy (non-hydrogen) atoms. The molecule has 0 aromatic carbocycles. The Bertz CT molecular complexity index is 659. The first kappa shape index (κ1) is 25.9. The largest absolute Gasteiger partial charge is 0.527 e. The molecule has 0 saturated heterocycles. The highest BCUT2D eigenvalue weighted by Crippen LogP contribution is 2.14. The molecule has 0 bridgehead atoms. The number of allylic oxidation sites excluding steroid dienone is 11. The predicted octanol–water partition coefficient (Wildman–Crippen LogP) is 5.43. The summed E-state index contributed by atoms with van der Waals surface area (Å²) in [6, 6.07) is 0. The minimum absolute atomic E-state index is 0.470. The third-order valence-corrected chi connectivity index (χ3v) is 3.77. The lowest BCUT2D eigenvalue weighted by molar-refractivity contribution is -0.770. The molecule has 0 fully saturated rings. The molecule has 0 N–H and O–H groups in total.